The second kappa shape index (κ2) is 10.9. The minimum Gasteiger partial charge on any atom is -0.383 e. The molecule has 1 aliphatic heterocycles. The van der Waals surface area contributed by atoms with Gasteiger partial charge in [0.2, 0.25) is 0 Å². The number of carbonyl (C=O) groups is 2. The lowest BCUT2D eigenvalue weighted by molar-refractivity contribution is -0.118. The molecule has 1 fully saturated rings. The van der Waals surface area contributed by atoms with Gasteiger partial charge in [0, 0.05) is 56.3 Å². The maximum absolute atomic E-state index is 12.9. The topological polar surface area (TPSA) is 100 Å². The van der Waals surface area contributed by atoms with E-state index >= 15 is 0 Å². The molecule has 0 spiro atoms. The van der Waals surface area contributed by atoms with Crippen LogP contribution in [0.5, 0.6) is 0 Å². The van der Waals surface area contributed by atoms with Crippen LogP contribution in [-0.2, 0) is 9.53 Å². The SMILES string of the molecule is C=NN(C1=C(CCC)C(=O)CC(C)(C)C1)c1ccc(C(N)=O)c(NCCN2CCOCC2)c1. The van der Waals surface area contributed by atoms with Crippen molar-refractivity contribution in [3.63, 3.8) is 0 Å². The third-order valence-electron chi connectivity index (χ3n) is 6.23. The van der Waals surface area contributed by atoms with Crippen molar-refractivity contribution < 1.29 is 14.3 Å². The van der Waals surface area contributed by atoms with Crippen molar-refractivity contribution in [3.05, 3.63) is 35.0 Å². The summed E-state index contributed by atoms with van der Waals surface area (Å²) in [5, 5.41) is 9.41. The van der Waals surface area contributed by atoms with Gasteiger partial charge >= 0.3 is 0 Å². The number of anilines is 2. The highest BCUT2D eigenvalue weighted by Gasteiger charge is 2.35. The number of carbonyl (C=O) groups excluding carboxylic acids is 2. The van der Waals surface area contributed by atoms with Crippen molar-refractivity contribution in [2.45, 2.75) is 46.5 Å². The van der Waals surface area contributed by atoms with Crippen LogP contribution < -0.4 is 16.1 Å². The van der Waals surface area contributed by atoms with E-state index in [4.69, 9.17) is 10.5 Å². The van der Waals surface area contributed by atoms with Gasteiger partial charge in [0.25, 0.3) is 5.91 Å². The van der Waals surface area contributed by atoms with Crippen molar-refractivity contribution in [1.82, 2.24) is 4.90 Å². The van der Waals surface area contributed by atoms with Crippen LogP contribution in [0.4, 0.5) is 11.4 Å². The molecule has 2 aliphatic rings. The molecule has 1 aliphatic carbocycles. The Bertz CT molecular complexity index is 919. The number of morpholine rings is 1. The fourth-order valence-electron chi connectivity index (χ4n) is 4.58. The van der Waals surface area contributed by atoms with E-state index in [0.717, 1.165) is 62.6 Å². The number of hydrogen-bond donors (Lipinski definition) is 2. The number of hydrazone groups is 1. The largest absolute Gasteiger partial charge is 0.383 e. The molecule has 33 heavy (non-hydrogen) atoms. The standard InChI is InChI=1S/C25H37N5O3/c1-5-6-20-22(16-25(2,3)17-23(20)31)30(27-4)18-7-8-19(24(26)32)21(15-18)28-9-10-29-11-13-33-14-12-29/h7-8,15,28H,4-6,9-14,16-17H2,1-3H3,(H2,26,32). The first-order valence-electron chi connectivity index (χ1n) is 11.8. The van der Waals surface area contributed by atoms with E-state index in [0.29, 0.717) is 30.6 Å². The Kier molecular flexibility index (Phi) is 8.26. The van der Waals surface area contributed by atoms with E-state index in [-0.39, 0.29) is 11.2 Å². The summed E-state index contributed by atoms with van der Waals surface area (Å²) in [6, 6.07) is 5.39. The number of Topliss-reactive ketones (excluding diaryl/α,β-unsaturated/α-hetero) is 1. The molecule has 1 aromatic rings. The lowest BCUT2D eigenvalue weighted by Gasteiger charge is -2.36. The molecular formula is C25H37N5O3. The zero-order valence-corrected chi connectivity index (χ0v) is 20.2. The molecule has 1 amide bonds. The number of nitrogens with one attached hydrogen (secondary N) is 1. The monoisotopic (exact) mass is 455 g/mol. The first kappa shape index (κ1) is 24.9. The zero-order chi connectivity index (χ0) is 24.0. The van der Waals surface area contributed by atoms with Gasteiger partial charge in [-0.05, 0) is 36.5 Å². The lowest BCUT2D eigenvalue weighted by atomic mass is 9.74. The summed E-state index contributed by atoms with van der Waals surface area (Å²) >= 11 is 0. The van der Waals surface area contributed by atoms with Gasteiger partial charge in [0.05, 0.1) is 24.5 Å². The molecule has 1 heterocycles. The summed E-state index contributed by atoms with van der Waals surface area (Å²) in [4.78, 5) is 27.3. The van der Waals surface area contributed by atoms with Crippen LogP contribution in [-0.4, -0.2) is 62.7 Å². The van der Waals surface area contributed by atoms with Crippen LogP contribution in [0.15, 0.2) is 34.6 Å². The number of nitrogens with two attached hydrogens (primary N) is 1. The van der Waals surface area contributed by atoms with E-state index < -0.39 is 5.91 Å². The Morgan fingerprint density at radius 2 is 2.03 bits per heavy atom. The third-order valence-corrected chi connectivity index (χ3v) is 6.23. The molecule has 0 aromatic heterocycles. The highest BCUT2D eigenvalue weighted by atomic mass is 16.5. The Labute approximate surface area is 196 Å². The molecule has 1 saturated heterocycles. The van der Waals surface area contributed by atoms with E-state index in [2.05, 4.69) is 42.8 Å². The first-order chi connectivity index (χ1) is 15.8. The number of benzene rings is 1. The summed E-state index contributed by atoms with van der Waals surface area (Å²) in [5.74, 6) is -0.317. The summed E-state index contributed by atoms with van der Waals surface area (Å²) in [6.07, 6.45) is 2.85. The Balaban J connectivity index is 1.90. The molecule has 0 bridgehead atoms. The van der Waals surface area contributed by atoms with Crippen molar-refractivity contribution in [2.24, 2.45) is 16.3 Å². The zero-order valence-electron chi connectivity index (χ0n) is 20.2. The van der Waals surface area contributed by atoms with Crippen LogP contribution in [0.3, 0.4) is 0 Å². The summed E-state index contributed by atoms with van der Waals surface area (Å²) < 4.78 is 5.40. The fourth-order valence-corrected chi connectivity index (χ4v) is 4.58. The summed E-state index contributed by atoms with van der Waals surface area (Å²) in [6.45, 7) is 14.9. The van der Waals surface area contributed by atoms with Crippen LogP contribution >= 0.6 is 0 Å². The van der Waals surface area contributed by atoms with Crippen molar-refractivity contribution in [1.29, 1.82) is 0 Å². The van der Waals surface area contributed by atoms with Crippen molar-refractivity contribution in [2.75, 3.05) is 49.7 Å². The first-order valence-corrected chi connectivity index (χ1v) is 11.8. The van der Waals surface area contributed by atoms with E-state index in [1.165, 1.54) is 0 Å². The van der Waals surface area contributed by atoms with E-state index in [1.54, 1.807) is 11.1 Å². The Morgan fingerprint density at radius 1 is 1.30 bits per heavy atom. The third kappa shape index (κ3) is 6.21. The summed E-state index contributed by atoms with van der Waals surface area (Å²) in [5.41, 5.74) is 9.02. The average Bonchev–Trinajstić information content (AvgIpc) is 2.77. The lowest BCUT2D eigenvalue weighted by Crippen LogP contribution is -2.39. The molecule has 3 N–H and O–H groups in total. The molecule has 0 atom stereocenters. The molecule has 8 nitrogen and oxygen atoms in total. The number of primary amides is 1. The van der Waals surface area contributed by atoms with Crippen molar-refractivity contribution >= 4 is 29.8 Å². The maximum atomic E-state index is 12.9. The van der Waals surface area contributed by atoms with Crippen LogP contribution in [0.2, 0.25) is 0 Å². The quantitative estimate of drug-likeness (QED) is 0.414. The minimum absolute atomic E-state index is 0.154. The number of ether oxygens (including phenoxy) is 1. The molecule has 8 heteroatoms. The maximum Gasteiger partial charge on any atom is 0.250 e. The minimum atomic E-state index is -0.492. The molecule has 3 rings (SSSR count). The highest BCUT2D eigenvalue weighted by Crippen LogP contribution is 2.41. The number of hydrogen-bond acceptors (Lipinski definition) is 7. The van der Waals surface area contributed by atoms with Gasteiger partial charge in [-0.1, -0.05) is 27.2 Å². The molecule has 0 radical (unpaired) electrons. The van der Waals surface area contributed by atoms with Crippen LogP contribution in [0.1, 0.15) is 56.8 Å². The van der Waals surface area contributed by atoms with Crippen LogP contribution in [0.25, 0.3) is 0 Å². The van der Waals surface area contributed by atoms with Gasteiger partial charge in [0.15, 0.2) is 5.78 Å². The fraction of sp³-hybridized carbons (Fsp3) is 0.560. The van der Waals surface area contributed by atoms with Gasteiger partial charge in [0.1, 0.15) is 0 Å². The van der Waals surface area contributed by atoms with E-state index in [1.807, 2.05) is 12.1 Å². The summed E-state index contributed by atoms with van der Waals surface area (Å²) in [7, 11) is 0. The normalized spacial score (nSPS) is 18.8. The van der Waals surface area contributed by atoms with Gasteiger partial charge in [-0.25, -0.2) is 5.01 Å². The predicted molar refractivity (Wildman–Crippen MR) is 133 cm³/mol. The Morgan fingerprint density at radius 3 is 2.67 bits per heavy atom. The number of nitrogens with zero attached hydrogens (tertiary/aromatic N) is 3. The predicted octanol–water partition coefficient (Wildman–Crippen LogP) is 3.39. The second-order valence-electron chi connectivity index (χ2n) is 9.54. The van der Waals surface area contributed by atoms with Crippen LogP contribution in [0, 0.1) is 5.41 Å². The smallest absolute Gasteiger partial charge is 0.250 e. The molecular weight excluding hydrogens is 418 g/mol. The number of amides is 1. The molecule has 0 saturated carbocycles. The number of rotatable bonds is 10. The van der Waals surface area contributed by atoms with Crippen molar-refractivity contribution in [3.8, 4) is 0 Å². The van der Waals surface area contributed by atoms with Gasteiger partial charge < -0.3 is 15.8 Å². The molecule has 180 valence electrons. The molecule has 1 aromatic carbocycles. The molecule has 0 unspecified atom stereocenters. The van der Waals surface area contributed by atoms with Gasteiger partial charge in [-0.3, -0.25) is 14.5 Å². The highest BCUT2D eigenvalue weighted by molar-refractivity contribution is 6.00. The van der Waals surface area contributed by atoms with Gasteiger partial charge in [-0.15, -0.1) is 0 Å². The van der Waals surface area contributed by atoms with E-state index in [9.17, 15) is 9.59 Å². The Hall–Kier alpha value is -2.71. The second-order valence-corrected chi connectivity index (χ2v) is 9.54. The average molecular weight is 456 g/mol. The number of ketones is 1. The van der Waals surface area contributed by atoms with Gasteiger partial charge in [-0.2, -0.15) is 5.10 Å². The number of allylic oxidation sites excluding steroid dienone is 2.